The van der Waals surface area contributed by atoms with Crippen molar-refractivity contribution in [2.45, 2.75) is 4.90 Å². The summed E-state index contributed by atoms with van der Waals surface area (Å²) in [5.41, 5.74) is 0.834. The lowest BCUT2D eigenvalue weighted by Crippen LogP contribution is -1.97. The molecule has 2 aromatic rings. The molecule has 0 spiro atoms. The van der Waals surface area contributed by atoms with Crippen LogP contribution in [0.4, 0.5) is 0 Å². The van der Waals surface area contributed by atoms with E-state index in [4.69, 9.17) is 5.11 Å². The molecule has 0 aromatic carbocycles. The van der Waals surface area contributed by atoms with Gasteiger partial charge in [-0.3, -0.25) is 0 Å². The van der Waals surface area contributed by atoms with E-state index in [1.807, 2.05) is 12.3 Å². The van der Waals surface area contributed by atoms with Crippen molar-refractivity contribution in [3.63, 3.8) is 0 Å². The van der Waals surface area contributed by atoms with Crippen LogP contribution in [0.15, 0.2) is 23.2 Å². The molecule has 0 bridgehead atoms. The molecule has 14 heavy (non-hydrogen) atoms. The highest BCUT2D eigenvalue weighted by Crippen LogP contribution is 2.28. The average Bonchev–Trinajstić information content (AvgIpc) is 2.56. The summed E-state index contributed by atoms with van der Waals surface area (Å²) in [4.78, 5) is 18.5. The Labute approximate surface area is 84.4 Å². The normalized spacial score (nSPS) is 10.6. The van der Waals surface area contributed by atoms with Crippen LogP contribution in [0.25, 0.3) is 11.0 Å². The van der Waals surface area contributed by atoms with Crippen LogP contribution in [0.3, 0.4) is 0 Å². The minimum absolute atomic E-state index is 0.214. The van der Waals surface area contributed by atoms with E-state index in [2.05, 4.69) is 9.97 Å². The second-order valence-electron chi connectivity index (χ2n) is 2.74. The molecular formula is C9H8N2O2S. The lowest BCUT2D eigenvalue weighted by Gasteiger charge is -1.94. The molecule has 0 radical (unpaired) electrons. The van der Waals surface area contributed by atoms with Crippen molar-refractivity contribution in [1.29, 1.82) is 0 Å². The van der Waals surface area contributed by atoms with Crippen LogP contribution in [0.5, 0.6) is 0 Å². The third-order valence-corrected chi connectivity index (χ3v) is 2.77. The number of hydrogen-bond donors (Lipinski definition) is 2. The predicted octanol–water partition coefficient (Wildman–Crippen LogP) is 1.98. The number of aromatic carboxylic acids is 1. The fourth-order valence-corrected chi connectivity index (χ4v) is 2.09. The smallest absolute Gasteiger partial charge is 0.353 e. The lowest BCUT2D eigenvalue weighted by molar-refractivity contribution is 0.0688. The van der Waals surface area contributed by atoms with E-state index in [1.54, 1.807) is 12.3 Å². The summed E-state index contributed by atoms with van der Waals surface area (Å²) >= 11 is 1.41. The van der Waals surface area contributed by atoms with Gasteiger partial charge in [-0.15, -0.1) is 11.8 Å². The number of carboxylic acids is 1. The number of hydrogen-bond acceptors (Lipinski definition) is 3. The number of thioether (sulfide) groups is 1. The van der Waals surface area contributed by atoms with E-state index in [0.717, 1.165) is 10.3 Å². The molecule has 4 nitrogen and oxygen atoms in total. The minimum Gasteiger partial charge on any atom is -0.477 e. The summed E-state index contributed by atoms with van der Waals surface area (Å²) in [5, 5.41) is 9.78. The lowest BCUT2D eigenvalue weighted by atomic mass is 10.3. The maximum atomic E-state index is 10.9. The molecule has 0 amide bonds. The summed E-state index contributed by atoms with van der Waals surface area (Å²) in [6, 6.07) is 3.65. The number of nitrogens with zero attached hydrogens (tertiary/aromatic N) is 1. The first-order valence-corrected chi connectivity index (χ1v) is 5.20. The highest BCUT2D eigenvalue weighted by atomic mass is 32.2. The standard InChI is InChI=1S/C9H8N2O2S/c1-14-7-5-3-2-4-10-8(5)11-6(7)9(12)13/h2-4H,1H3,(H,10,11)(H,12,13). The van der Waals surface area contributed by atoms with Crippen molar-refractivity contribution in [1.82, 2.24) is 9.97 Å². The number of pyridine rings is 1. The van der Waals surface area contributed by atoms with Gasteiger partial charge < -0.3 is 10.1 Å². The van der Waals surface area contributed by atoms with Gasteiger partial charge in [-0.05, 0) is 18.4 Å². The second kappa shape index (κ2) is 3.34. The fourth-order valence-electron chi connectivity index (χ4n) is 1.36. The van der Waals surface area contributed by atoms with Gasteiger partial charge in [-0.2, -0.15) is 0 Å². The molecule has 0 unspecified atom stereocenters. The summed E-state index contributed by atoms with van der Waals surface area (Å²) in [6.45, 7) is 0. The summed E-state index contributed by atoms with van der Waals surface area (Å²) < 4.78 is 0. The van der Waals surface area contributed by atoms with Gasteiger partial charge in [0.15, 0.2) is 0 Å². The topological polar surface area (TPSA) is 66.0 Å². The quantitative estimate of drug-likeness (QED) is 0.740. The molecule has 0 fully saturated rings. The zero-order valence-electron chi connectivity index (χ0n) is 7.44. The molecule has 5 heteroatoms. The van der Waals surface area contributed by atoms with Crippen molar-refractivity contribution >= 4 is 28.8 Å². The number of H-pyrrole nitrogens is 1. The molecule has 2 N–H and O–H groups in total. The Kier molecular flexibility index (Phi) is 2.17. The van der Waals surface area contributed by atoms with Crippen molar-refractivity contribution in [3.05, 3.63) is 24.0 Å². The maximum absolute atomic E-state index is 10.9. The van der Waals surface area contributed by atoms with Crippen LogP contribution in [-0.4, -0.2) is 27.3 Å². The average molecular weight is 208 g/mol. The zero-order valence-corrected chi connectivity index (χ0v) is 8.26. The Morgan fingerprint density at radius 2 is 2.43 bits per heavy atom. The third-order valence-electron chi connectivity index (χ3n) is 1.94. The Balaban J connectivity index is 2.78. The Morgan fingerprint density at radius 3 is 3.07 bits per heavy atom. The summed E-state index contributed by atoms with van der Waals surface area (Å²) in [6.07, 6.45) is 3.48. The first-order chi connectivity index (χ1) is 6.74. The van der Waals surface area contributed by atoms with Gasteiger partial charge in [0.2, 0.25) is 0 Å². The van der Waals surface area contributed by atoms with Gasteiger partial charge in [0.05, 0.1) is 0 Å². The van der Waals surface area contributed by atoms with E-state index < -0.39 is 5.97 Å². The van der Waals surface area contributed by atoms with Crippen LogP contribution in [-0.2, 0) is 0 Å². The molecule has 0 saturated carbocycles. The number of aromatic amines is 1. The van der Waals surface area contributed by atoms with Crippen LogP contribution >= 0.6 is 11.8 Å². The van der Waals surface area contributed by atoms with Gasteiger partial charge in [-0.1, -0.05) is 0 Å². The van der Waals surface area contributed by atoms with Gasteiger partial charge in [0.1, 0.15) is 11.3 Å². The van der Waals surface area contributed by atoms with Gasteiger partial charge >= 0.3 is 5.97 Å². The predicted molar refractivity (Wildman–Crippen MR) is 54.8 cm³/mol. The van der Waals surface area contributed by atoms with Gasteiger partial charge in [0, 0.05) is 16.5 Å². The second-order valence-corrected chi connectivity index (χ2v) is 3.55. The van der Waals surface area contributed by atoms with Crippen molar-refractivity contribution < 1.29 is 9.90 Å². The Hall–Kier alpha value is -1.49. The molecule has 2 rings (SSSR count). The molecule has 2 aromatic heterocycles. The molecule has 0 aliphatic rings. The highest BCUT2D eigenvalue weighted by Gasteiger charge is 2.16. The molecule has 0 saturated heterocycles. The highest BCUT2D eigenvalue weighted by molar-refractivity contribution is 7.99. The van der Waals surface area contributed by atoms with E-state index in [-0.39, 0.29) is 5.69 Å². The molecule has 72 valence electrons. The number of carboxylic acid groups (broad SMARTS) is 1. The molecular weight excluding hydrogens is 200 g/mol. The van der Waals surface area contributed by atoms with Crippen molar-refractivity contribution in [3.8, 4) is 0 Å². The van der Waals surface area contributed by atoms with E-state index >= 15 is 0 Å². The van der Waals surface area contributed by atoms with Crippen LogP contribution in [0, 0.1) is 0 Å². The fraction of sp³-hybridized carbons (Fsp3) is 0.111. The number of nitrogens with one attached hydrogen (secondary N) is 1. The molecule has 0 atom stereocenters. The monoisotopic (exact) mass is 208 g/mol. The van der Waals surface area contributed by atoms with E-state index in [1.165, 1.54) is 11.8 Å². The number of fused-ring (bicyclic) bond motifs is 1. The maximum Gasteiger partial charge on any atom is 0.353 e. The minimum atomic E-state index is -0.952. The number of rotatable bonds is 2. The summed E-state index contributed by atoms with van der Waals surface area (Å²) in [7, 11) is 0. The van der Waals surface area contributed by atoms with Crippen LogP contribution in [0.1, 0.15) is 10.5 Å². The molecule has 0 aliphatic heterocycles. The zero-order chi connectivity index (χ0) is 10.1. The van der Waals surface area contributed by atoms with Crippen molar-refractivity contribution in [2.75, 3.05) is 6.26 Å². The molecule has 2 heterocycles. The first-order valence-electron chi connectivity index (χ1n) is 3.98. The van der Waals surface area contributed by atoms with Gasteiger partial charge in [-0.25, -0.2) is 9.78 Å². The third kappa shape index (κ3) is 1.26. The summed E-state index contributed by atoms with van der Waals surface area (Å²) in [5.74, 6) is -0.952. The number of carbonyl (C=O) groups is 1. The van der Waals surface area contributed by atoms with Gasteiger partial charge in [0.25, 0.3) is 0 Å². The first kappa shape index (κ1) is 9.08. The largest absolute Gasteiger partial charge is 0.477 e. The van der Waals surface area contributed by atoms with Crippen molar-refractivity contribution in [2.24, 2.45) is 0 Å². The SMILES string of the molecule is CSc1c(C(=O)O)[nH]c2ncccc12. The Bertz CT molecular complexity index is 493. The van der Waals surface area contributed by atoms with Crippen LogP contribution in [0.2, 0.25) is 0 Å². The number of aromatic nitrogens is 2. The Morgan fingerprint density at radius 1 is 1.64 bits per heavy atom. The van der Waals surface area contributed by atoms with E-state index in [9.17, 15) is 4.79 Å². The molecule has 0 aliphatic carbocycles. The van der Waals surface area contributed by atoms with Crippen LogP contribution < -0.4 is 0 Å². The van der Waals surface area contributed by atoms with E-state index in [0.29, 0.717) is 5.65 Å².